The quantitative estimate of drug-likeness (QED) is 0.842. The van der Waals surface area contributed by atoms with Crippen LogP contribution in [0.2, 0.25) is 0 Å². The van der Waals surface area contributed by atoms with Crippen LogP contribution in [0.15, 0.2) is 30.3 Å². The van der Waals surface area contributed by atoms with Crippen molar-refractivity contribution in [2.45, 2.75) is 58.2 Å². The molecule has 2 N–H and O–H groups in total. The smallest absolute Gasteiger partial charge is 0.239 e. The zero-order valence-corrected chi connectivity index (χ0v) is 17.5. The molecular weight excluding hydrogens is 369 g/mol. The van der Waals surface area contributed by atoms with E-state index in [2.05, 4.69) is 47.9 Å². The van der Waals surface area contributed by atoms with E-state index < -0.39 is 0 Å². The van der Waals surface area contributed by atoms with E-state index in [4.69, 9.17) is 5.73 Å². The Hall–Kier alpha value is -0.810. The van der Waals surface area contributed by atoms with Crippen molar-refractivity contribution in [3.05, 3.63) is 35.9 Å². The zero-order valence-electron chi connectivity index (χ0n) is 15.9. The van der Waals surface area contributed by atoms with Gasteiger partial charge in [0.25, 0.3) is 0 Å². The lowest BCUT2D eigenvalue weighted by Gasteiger charge is -2.45. The molecule has 4 nitrogen and oxygen atoms in total. The Morgan fingerprint density at radius 2 is 1.81 bits per heavy atom. The molecule has 2 aliphatic rings. The van der Waals surface area contributed by atoms with Crippen LogP contribution in [0.4, 0.5) is 0 Å². The number of benzene rings is 1. The average molecular weight is 402 g/mol. The van der Waals surface area contributed by atoms with E-state index in [1.165, 1.54) is 12.0 Å². The van der Waals surface area contributed by atoms with E-state index in [0.29, 0.717) is 5.91 Å². The molecule has 2 saturated heterocycles. The number of piperidine rings is 2. The highest BCUT2D eigenvalue weighted by molar-refractivity contribution is 5.85. The van der Waals surface area contributed by atoms with E-state index in [0.717, 1.165) is 45.4 Å². The van der Waals surface area contributed by atoms with Gasteiger partial charge in [-0.3, -0.25) is 9.69 Å². The summed E-state index contributed by atoms with van der Waals surface area (Å²) in [5, 5.41) is 0. The maximum atomic E-state index is 13.2. The first kappa shape index (κ1) is 23.2. The molecule has 26 heavy (non-hydrogen) atoms. The Morgan fingerprint density at radius 3 is 2.46 bits per heavy atom. The van der Waals surface area contributed by atoms with Gasteiger partial charge in [-0.15, -0.1) is 24.8 Å². The van der Waals surface area contributed by atoms with Gasteiger partial charge < -0.3 is 10.6 Å². The van der Waals surface area contributed by atoms with Crippen molar-refractivity contribution in [1.82, 2.24) is 9.80 Å². The van der Waals surface area contributed by atoms with E-state index in [9.17, 15) is 4.79 Å². The summed E-state index contributed by atoms with van der Waals surface area (Å²) in [4.78, 5) is 17.6. The van der Waals surface area contributed by atoms with Gasteiger partial charge in [-0.2, -0.15) is 0 Å². The molecule has 0 saturated carbocycles. The van der Waals surface area contributed by atoms with Gasteiger partial charge in [-0.05, 0) is 36.8 Å². The van der Waals surface area contributed by atoms with Crippen LogP contribution in [0.5, 0.6) is 0 Å². The summed E-state index contributed by atoms with van der Waals surface area (Å²) in [6, 6.07) is 10.7. The highest BCUT2D eigenvalue weighted by Gasteiger charge is 2.39. The second-order valence-corrected chi connectivity index (χ2v) is 8.11. The maximum Gasteiger partial charge on any atom is 0.239 e. The lowest BCUT2D eigenvalue weighted by atomic mass is 9.79. The highest BCUT2D eigenvalue weighted by atomic mass is 35.5. The number of carbonyl (C=O) groups is 1. The first-order valence-corrected chi connectivity index (χ1v) is 9.30. The van der Waals surface area contributed by atoms with Crippen LogP contribution in [0.25, 0.3) is 0 Å². The predicted octanol–water partition coefficient (Wildman–Crippen LogP) is 3.47. The lowest BCUT2D eigenvalue weighted by Crippen LogP contribution is -2.58. The SMILES string of the molecule is CC1(C)CN(C(=O)C2CCCCN2Cc2ccccc2)CCC1N.Cl.Cl. The first-order chi connectivity index (χ1) is 11.5. The number of hydrogen-bond donors (Lipinski definition) is 1. The van der Waals surface area contributed by atoms with Crippen molar-refractivity contribution in [3.63, 3.8) is 0 Å². The Kier molecular flexibility index (Phi) is 8.87. The molecule has 2 unspecified atom stereocenters. The van der Waals surface area contributed by atoms with Crippen molar-refractivity contribution >= 4 is 30.7 Å². The molecule has 1 amide bonds. The number of nitrogens with two attached hydrogens (primary N) is 1. The van der Waals surface area contributed by atoms with Crippen LogP contribution in [0.1, 0.15) is 45.1 Å². The van der Waals surface area contributed by atoms with Gasteiger partial charge >= 0.3 is 0 Å². The number of hydrogen-bond acceptors (Lipinski definition) is 3. The summed E-state index contributed by atoms with van der Waals surface area (Å²) in [5.74, 6) is 0.311. The van der Waals surface area contributed by atoms with E-state index in [1.807, 2.05) is 6.07 Å². The van der Waals surface area contributed by atoms with Crippen LogP contribution in [-0.4, -0.2) is 47.4 Å². The topological polar surface area (TPSA) is 49.6 Å². The molecular formula is C20H33Cl2N3O. The van der Waals surface area contributed by atoms with Gasteiger partial charge in [0.1, 0.15) is 0 Å². The summed E-state index contributed by atoms with van der Waals surface area (Å²) in [7, 11) is 0. The number of rotatable bonds is 3. The number of halogens is 2. The number of likely N-dealkylation sites (tertiary alicyclic amines) is 2. The van der Waals surface area contributed by atoms with Crippen LogP contribution in [-0.2, 0) is 11.3 Å². The molecule has 2 heterocycles. The molecule has 0 spiro atoms. The van der Waals surface area contributed by atoms with Gasteiger partial charge in [-0.1, -0.05) is 50.6 Å². The van der Waals surface area contributed by atoms with Crippen molar-refractivity contribution in [2.24, 2.45) is 11.1 Å². The monoisotopic (exact) mass is 401 g/mol. The van der Waals surface area contributed by atoms with Crippen molar-refractivity contribution in [3.8, 4) is 0 Å². The molecule has 148 valence electrons. The van der Waals surface area contributed by atoms with Gasteiger partial charge in [-0.25, -0.2) is 0 Å². The Labute approximate surface area is 170 Å². The Balaban J connectivity index is 0.00000169. The standard InChI is InChI=1S/C20H31N3O.2ClH/c1-20(2)15-23(13-11-18(20)21)19(24)17-10-6-7-12-22(17)14-16-8-4-3-5-9-16;;/h3-5,8-9,17-18H,6-7,10-15,21H2,1-2H3;2*1H. The predicted molar refractivity (Wildman–Crippen MR) is 112 cm³/mol. The second kappa shape index (κ2) is 9.93. The molecule has 0 radical (unpaired) electrons. The van der Waals surface area contributed by atoms with E-state index in [-0.39, 0.29) is 42.3 Å². The summed E-state index contributed by atoms with van der Waals surface area (Å²) in [5.41, 5.74) is 7.53. The normalized spacial score (nSPS) is 25.7. The summed E-state index contributed by atoms with van der Waals surface area (Å²) in [6.07, 6.45) is 4.23. The minimum atomic E-state index is 0. The van der Waals surface area contributed by atoms with Crippen molar-refractivity contribution < 1.29 is 4.79 Å². The molecule has 3 rings (SSSR count). The fourth-order valence-electron chi connectivity index (χ4n) is 4.05. The average Bonchev–Trinajstić information content (AvgIpc) is 2.58. The number of amides is 1. The van der Waals surface area contributed by atoms with Crippen LogP contribution < -0.4 is 5.73 Å². The van der Waals surface area contributed by atoms with Gasteiger partial charge in [0.15, 0.2) is 0 Å². The van der Waals surface area contributed by atoms with Gasteiger partial charge in [0, 0.05) is 25.7 Å². The molecule has 1 aromatic rings. The maximum absolute atomic E-state index is 13.2. The number of carbonyl (C=O) groups excluding carboxylic acids is 1. The second-order valence-electron chi connectivity index (χ2n) is 8.11. The van der Waals surface area contributed by atoms with Crippen LogP contribution in [0.3, 0.4) is 0 Å². The molecule has 2 aliphatic heterocycles. The highest BCUT2D eigenvalue weighted by Crippen LogP contribution is 2.30. The molecule has 2 atom stereocenters. The Bertz CT molecular complexity index is 567. The zero-order chi connectivity index (χ0) is 17.2. The van der Waals surface area contributed by atoms with Crippen LogP contribution >= 0.6 is 24.8 Å². The molecule has 0 aliphatic carbocycles. The van der Waals surface area contributed by atoms with E-state index in [1.54, 1.807) is 0 Å². The molecule has 0 aromatic heterocycles. The minimum absolute atomic E-state index is 0. The minimum Gasteiger partial charge on any atom is -0.341 e. The lowest BCUT2D eigenvalue weighted by molar-refractivity contribution is -0.142. The Morgan fingerprint density at radius 1 is 1.12 bits per heavy atom. The summed E-state index contributed by atoms with van der Waals surface area (Å²) < 4.78 is 0. The fraction of sp³-hybridized carbons (Fsp3) is 0.650. The van der Waals surface area contributed by atoms with Gasteiger partial charge in [0.05, 0.1) is 6.04 Å². The number of nitrogens with zero attached hydrogens (tertiary/aromatic N) is 2. The third-order valence-electron chi connectivity index (χ3n) is 5.75. The van der Waals surface area contributed by atoms with Crippen LogP contribution in [0, 0.1) is 5.41 Å². The van der Waals surface area contributed by atoms with Gasteiger partial charge in [0.2, 0.25) is 5.91 Å². The fourth-order valence-corrected chi connectivity index (χ4v) is 4.05. The molecule has 0 bridgehead atoms. The summed E-state index contributed by atoms with van der Waals surface area (Å²) in [6.45, 7) is 7.83. The first-order valence-electron chi connectivity index (χ1n) is 9.30. The molecule has 1 aromatic carbocycles. The molecule has 2 fully saturated rings. The third-order valence-corrected chi connectivity index (χ3v) is 5.75. The third kappa shape index (κ3) is 5.35. The van der Waals surface area contributed by atoms with Crippen molar-refractivity contribution in [1.29, 1.82) is 0 Å². The molecule has 6 heteroatoms. The summed E-state index contributed by atoms with van der Waals surface area (Å²) >= 11 is 0. The van der Waals surface area contributed by atoms with Crippen molar-refractivity contribution in [2.75, 3.05) is 19.6 Å². The van der Waals surface area contributed by atoms with E-state index >= 15 is 0 Å². The largest absolute Gasteiger partial charge is 0.341 e.